The second kappa shape index (κ2) is 9.07. The van der Waals surface area contributed by atoms with Crippen molar-refractivity contribution in [1.82, 2.24) is 5.32 Å². The maximum Gasteiger partial charge on any atom is 0.326 e. The number of amides is 3. The number of piperazine rings is 1. The van der Waals surface area contributed by atoms with Crippen molar-refractivity contribution in [3.63, 3.8) is 0 Å². The zero-order chi connectivity index (χ0) is 18.4. The fourth-order valence-corrected chi connectivity index (χ4v) is 3.58. The molecule has 3 amide bonds. The van der Waals surface area contributed by atoms with E-state index in [1.807, 2.05) is 0 Å². The molecule has 142 valence electrons. The van der Waals surface area contributed by atoms with Crippen molar-refractivity contribution in [2.45, 2.75) is 18.9 Å². The summed E-state index contributed by atoms with van der Waals surface area (Å²) in [6.07, 6.45) is 2.70. The van der Waals surface area contributed by atoms with Gasteiger partial charge in [0, 0.05) is 6.61 Å². The Hall–Kier alpha value is -2.03. The lowest BCUT2D eigenvalue weighted by Gasteiger charge is -2.30. The van der Waals surface area contributed by atoms with E-state index in [-0.39, 0.29) is 18.1 Å². The monoisotopic (exact) mass is 366 g/mol. The van der Waals surface area contributed by atoms with E-state index in [4.69, 9.17) is 4.74 Å². The third-order valence-electron chi connectivity index (χ3n) is 4.99. The van der Waals surface area contributed by atoms with Crippen LogP contribution in [-0.4, -0.2) is 63.9 Å². The number of anilines is 1. The number of hydrogen-bond acceptors (Lipinski definition) is 3. The average molecular weight is 366 g/mol. The molecular weight excluding hydrogens is 339 g/mol. The molecule has 0 aliphatic carbocycles. The smallest absolute Gasteiger partial charge is 0.326 e. The SMILES string of the molecule is O=C(C[NH+]1CC[NH+](C[C@H]2CCCO2)CC1)NC(=O)Nc1ccccc1F. The van der Waals surface area contributed by atoms with E-state index >= 15 is 0 Å². The number of para-hydroxylation sites is 1. The van der Waals surface area contributed by atoms with Crippen LogP contribution in [0.25, 0.3) is 0 Å². The summed E-state index contributed by atoms with van der Waals surface area (Å²) in [5.41, 5.74) is 0.0523. The highest BCUT2D eigenvalue weighted by Gasteiger charge is 2.28. The van der Waals surface area contributed by atoms with Gasteiger partial charge in [-0.3, -0.25) is 10.1 Å². The first-order valence-corrected chi connectivity index (χ1v) is 9.24. The molecule has 4 N–H and O–H groups in total. The van der Waals surface area contributed by atoms with Crippen LogP contribution in [0.2, 0.25) is 0 Å². The quantitative estimate of drug-likeness (QED) is 0.509. The normalized spacial score (nSPS) is 25.7. The second-order valence-corrected chi connectivity index (χ2v) is 7.00. The minimum absolute atomic E-state index is 0.0523. The second-order valence-electron chi connectivity index (χ2n) is 7.00. The van der Waals surface area contributed by atoms with Crippen LogP contribution in [0.4, 0.5) is 14.9 Å². The number of urea groups is 1. The van der Waals surface area contributed by atoms with Gasteiger partial charge in [-0.15, -0.1) is 0 Å². The van der Waals surface area contributed by atoms with Crippen molar-refractivity contribution < 1.29 is 28.5 Å². The first-order chi connectivity index (χ1) is 12.6. The molecule has 3 rings (SSSR count). The molecule has 2 heterocycles. The molecule has 0 bridgehead atoms. The molecule has 26 heavy (non-hydrogen) atoms. The molecule has 2 saturated heterocycles. The van der Waals surface area contributed by atoms with Gasteiger partial charge in [0.2, 0.25) is 0 Å². The molecular formula is C18H27FN4O3+2. The molecule has 2 aliphatic heterocycles. The van der Waals surface area contributed by atoms with Crippen LogP contribution in [0.1, 0.15) is 12.8 Å². The summed E-state index contributed by atoms with van der Waals surface area (Å²) in [7, 11) is 0. The Balaban J connectivity index is 1.36. The van der Waals surface area contributed by atoms with Crippen molar-refractivity contribution in [2.75, 3.05) is 51.2 Å². The Morgan fingerprint density at radius 1 is 1.15 bits per heavy atom. The molecule has 0 spiro atoms. The Labute approximate surface area is 152 Å². The summed E-state index contributed by atoms with van der Waals surface area (Å²) >= 11 is 0. The fraction of sp³-hybridized carbons (Fsp3) is 0.556. The molecule has 1 aromatic carbocycles. The van der Waals surface area contributed by atoms with Gasteiger partial charge < -0.3 is 19.9 Å². The maximum absolute atomic E-state index is 13.5. The van der Waals surface area contributed by atoms with Crippen molar-refractivity contribution in [2.24, 2.45) is 0 Å². The summed E-state index contributed by atoms with van der Waals surface area (Å²) in [4.78, 5) is 26.6. The average Bonchev–Trinajstić information content (AvgIpc) is 3.11. The third kappa shape index (κ3) is 5.48. The summed E-state index contributed by atoms with van der Waals surface area (Å²) < 4.78 is 19.2. The largest absolute Gasteiger partial charge is 0.372 e. The van der Waals surface area contributed by atoms with Crippen LogP contribution in [0.15, 0.2) is 24.3 Å². The van der Waals surface area contributed by atoms with Gasteiger partial charge in [0.05, 0.1) is 5.69 Å². The van der Waals surface area contributed by atoms with Gasteiger partial charge >= 0.3 is 6.03 Å². The van der Waals surface area contributed by atoms with Gasteiger partial charge in [-0.05, 0) is 25.0 Å². The maximum atomic E-state index is 13.5. The predicted molar refractivity (Wildman–Crippen MR) is 93.7 cm³/mol. The number of halogens is 1. The minimum Gasteiger partial charge on any atom is -0.372 e. The van der Waals surface area contributed by atoms with E-state index in [1.165, 1.54) is 23.1 Å². The van der Waals surface area contributed by atoms with E-state index in [1.54, 1.807) is 6.07 Å². The highest BCUT2D eigenvalue weighted by Crippen LogP contribution is 2.11. The van der Waals surface area contributed by atoms with Gasteiger partial charge in [0.25, 0.3) is 5.91 Å². The Morgan fingerprint density at radius 3 is 2.58 bits per heavy atom. The molecule has 2 fully saturated rings. The van der Waals surface area contributed by atoms with Gasteiger partial charge in [0.15, 0.2) is 6.54 Å². The van der Waals surface area contributed by atoms with Crippen molar-refractivity contribution in [3.05, 3.63) is 30.1 Å². The fourth-order valence-electron chi connectivity index (χ4n) is 3.58. The molecule has 1 atom stereocenters. The van der Waals surface area contributed by atoms with Gasteiger partial charge in [-0.25, -0.2) is 9.18 Å². The van der Waals surface area contributed by atoms with Crippen LogP contribution in [-0.2, 0) is 9.53 Å². The van der Waals surface area contributed by atoms with Crippen LogP contribution >= 0.6 is 0 Å². The van der Waals surface area contributed by atoms with Crippen molar-refractivity contribution in [1.29, 1.82) is 0 Å². The first-order valence-electron chi connectivity index (χ1n) is 9.24. The molecule has 7 nitrogen and oxygen atoms in total. The summed E-state index contributed by atoms with van der Waals surface area (Å²) in [5, 5.41) is 4.62. The number of carbonyl (C=O) groups is 2. The standard InChI is InChI=1S/C18H25FN4O3/c19-15-5-1-2-6-16(15)20-18(25)21-17(24)13-23-9-7-22(8-10-23)12-14-4-3-11-26-14/h1-2,5-6,14H,3-4,7-13H2,(H2,20,21,24,25)/p+2/t14-/m1/s1. The molecule has 1 aromatic rings. The van der Waals surface area contributed by atoms with Gasteiger partial charge in [-0.1, -0.05) is 12.1 Å². The Bertz CT molecular complexity index is 629. The molecule has 0 radical (unpaired) electrons. The van der Waals surface area contributed by atoms with E-state index in [2.05, 4.69) is 10.6 Å². The van der Waals surface area contributed by atoms with Gasteiger partial charge in [-0.2, -0.15) is 0 Å². The van der Waals surface area contributed by atoms with Crippen LogP contribution in [0, 0.1) is 5.82 Å². The molecule has 2 aliphatic rings. The predicted octanol–water partition coefficient (Wildman–Crippen LogP) is -1.56. The highest BCUT2D eigenvalue weighted by molar-refractivity contribution is 6.01. The number of carbonyl (C=O) groups excluding carboxylic acids is 2. The number of rotatable bonds is 5. The van der Waals surface area contributed by atoms with E-state index in [9.17, 15) is 14.0 Å². The summed E-state index contributed by atoms with van der Waals surface area (Å²) in [6.45, 7) is 5.97. The minimum atomic E-state index is -0.706. The number of quaternary nitrogens is 2. The lowest BCUT2D eigenvalue weighted by atomic mass is 10.2. The lowest BCUT2D eigenvalue weighted by molar-refractivity contribution is -1.01. The zero-order valence-electron chi connectivity index (χ0n) is 14.9. The van der Waals surface area contributed by atoms with Crippen LogP contribution in [0.3, 0.4) is 0 Å². The van der Waals surface area contributed by atoms with E-state index in [0.29, 0.717) is 6.10 Å². The van der Waals surface area contributed by atoms with Crippen molar-refractivity contribution in [3.8, 4) is 0 Å². The number of hydrogen-bond donors (Lipinski definition) is 4. The van der Waals surface area contributed by atoms with E-state index < -0.39 is 11.8 Å². The van der Waals surface area contributed by atoms with Crippen LogP contribution in [0.5, 0.6) is 0 Å². The molecule has 0 saturated carbocycles. The number of nitrogens with one attached hydrogen (secondary N) is 4. The lowest BCUT2D eigenvalue weighted by Crippen LogP contribution is -3.28. The summed E-state index contributed by atoms with van der Waals surface area (Å²) in [6, 6.07) is 5.14. The first kappa shape index (κ1) is 18.8. The number of benzene rings is 1. The van der Waals surface area contributed by atoms with Crippen molar-refractivity contribution >= 4 is 17.6 Å². The van der Waals surface area contributed by atoms with E-state index in [0.717, 1.165) is 57.1 Å². The third-order valence-corrected chi connectivity index (χ3v) is 4.99. The molecule has 0 unspecified atom stereocenters. The molecule has 0 aromatic heterocycles. The summed E-state index contributed by atoms with van der Waals surface area (Å²) in [5.74, 6) is -0.887. The van der Waals surface area contributed by atoms with Crippen LogP contribution < -0.4 is 20.4 Å². The highest BCUT2D eigenvalue weighted by atomic mass is 19.1. The Kier molecular flexibility index (Phi) is 6.54. The number of ether oxygens (including phenoxy) is 1. The Morgan fingerprint density at radius 2 is 1.88 bits per heavy atom. The zero-order valence-corrected chi connectivity index (χ0v) is 14.9. The van der Waals surface area contributed by atoms with Gasteiger partial charge in [0.1, 0.15) is 44.6 Å². The molecule has 8 heteroatoms. The number of imide groups is 1. The topological polar surface area (TPSA) is 76.3 Å².